The van der Waals surface area contributed by atoms with Crippen LogP contribution >= 0.6 is 0 Å². The molecule has 0 aliphatic carbocycles. The normalized spacial score (nSPS) is 12.8. The number of hydrogen-bond donors (Lipinski definition) is 1. The molecule has 1 aromatic heterocycles. The van der Waals surface area contributed by atoms with E-state index in [0.717, 1.165) is 24.1 Å². The molecular weight excluding hydrogens is 212 g/mol. The number of nitrogens with zero attached hydrogens (tertiary/aromatic N) is 1. The molecule has 17 heavy (non-hydrogen) atoms. The summed E-state index contributed by atoms with van der Waals surface area (Å²) in [5.41, 5.74) is 7.03. The van der Waals surface area contributed by atoms with Gasteiger partial charge in [-0.15, -0.1) is 0 Å². The molecule has 1 aromatic carbocycles. The lowest BCUT2D eigenvalue weighted by Gasteiger charge is -2.13. The number of benzene rings is 1. The second kappa shape index (κ2) is 5.75. The van der Waals surface area contributed by atoms with Crippen molar-refractivity contribution in [2.45, 2.75) is 19.4 Å². The van der Waals surface area contributed by atoms with Crippen molar-refractivity contribution in [1.82, 2.24) is 4.98 Å². The van der Waals surface area contributed by atoms with E-state index in [0.29, 0.717) is 6.61 Å². The van der Waals surface area contributed by atoms with Crippen LogP contribution in [0.1, 0.15) is 25.1 Å². The van der Waals surface area contributed by atoms with Gasteiger partial charge in [-0.25, -0.2) is 0 Å². The molecule has 1 unspecified atom stereocenters. The minimum atomic E-state index is -0.160. The van der Waals surface area contributed by atoms with Gasteiger partial charge in [-0.2, -0.15) is 0 Å². The molecule has 2 N–H and O–H groups in total. The maximum absolute atomic E-state index is 6.11. The minimum absolute atomic E-state index is 0.160. The van der Waals surface area contributed by atoms with E-state index in [2.05, 4.69) is 24.0 Å². The van der Waals surface area contributed by atoms with Crippen molar-refractivity contribution in [3.8, 4) is 0 Å². The highest BCUT2D eigenvalue weighted by atomic mass is 16.5. The first-order valence-electron chi connectivity index (χ1n) is 6.00. The van der Waals surface area contributed by atoms with Crippen molar-refractivity contribution < 1.29 is 4.74 Å². The number of nitrogens with two attached hydrogens (primary N) is 1. The van der Waals surface area contributed by atoms with Gasteiger partial charge in [-0.3, -0.25) is 4.98 Å². The van der Waals surface area contributed by atoms with E-state index in [-0.39, 0.29) is 6.04 Å². The standard InChI is InChI=1S/C14H18N2O/c1-2-9-17-10-13(15)14-12-6-4-3-5-11(12)7-8-16-14/h3-8,13H,2,9-10,15H2,1H3. The summed E-state index contributed by atoms with van der Waals surface area (Å²) in [6.07, 6.45) is 2.81. The summed E-state index contributed by atoms with van der Waals surface area (Å²) in [6, 6.07) is 9.99. The van der Waals surface area contributed by atoms with Crippen molar-refractivity contribution in [1.29, 1.82) is 0 Å². The molecule has 90 valence electrons. The molecule has 1 heterocycles. The number of fused-ring (bicyclic) bond motifs is 1. The molecule has 3 nitrogen and oxygen atoms in total. The zero-order chi connectivity index (χ0) is 12.1. The van der Waals surface area contributed by atoms with E-state index >= 15 is 0 Å². The first-order chi connectivity index (χ1) is 8.33. The molecular formula is C14H18N2O. The van der Waals surface area contributed by atoms with Gasteiger partial charge in [0, 0.05) is 18.2 Å². The van der Waals surface area contributed by atoms with E-state index in [1.165, 1.54) is 5.39 Å². The monoisotopic (exact) mass is 230 g/mol. The predicted octanol–water partition coefficient (Wildman–Crippen LogP) is 2.66. The second-order valence-corrected chi connectivity index (χ2v) is 4.10. The molecule has 0 aliphatic rings. The highest BCUT2D eigenvalue weighted by Gasteiger charge is 2.10. The van der Waals surface area contributed by atoms with Crippen LogP contribution in [-0.4, -0.2) is 18.2 Å². The third-order valence-corrected chi connectivity index (χ3v) is 2.70. The Morgan fingerprint density at radius 2 is 2.12 bits per heavy atom. The van der Waals surface area contributed by atoms with Crippen LogP contribution in [0.4, 0.5) is 0 Å². The highest BCUT2D eigenvalue weighted by Crippen LogP contribution is 2.20. The fraction of sp³-hybridized carbons (Fsp3) is 0.357. The van der Waals surface area contributed by atoms with Crippen molar-refractivity contribution in [2.24, 2.45) is 5.73 Å². The fourth-order valence-corrected chi connectivity index (χ4v) is 1.87. The van der Waals surface area contributed by atoms with Crippen LogP contribution in [0.5, 0.6) is 0 Å². The summed E-state index contributed by atoms with van der Waals surface area (Å²) in [5, 5.41) is 2.28. The largest absolute Gasteiger partial charge is 0.379 e. The molecule has 2 aromatic rings. The van der Waals surface area contributed by atoms with Gasteiger partial charge in [0.25, 0.3) is 0 Å². The molecule has 0 aliphatic heterocycles. The molecule has 0 saturated heterocycles. The topological polar surface area (TPSA) is 48.1 Å². The van der Waals surface area contributed by atoms with Crippen LogP contribution < -0.4 is 5.73 Å². The van der Waals surface area contributed by atoms with Crippen LogP contribution in [0, 0.1) is 0 Å². The lowest BCUT2D eigenvalue weighted by molar-refractivity contribution is 0.121. The average molecular weight is 230 g/mol. The SMILES string of the molecule is CCCOCC(N)c1nccc2ccccc12. The maximum Gasteiger partial charge on any atom is 0.0714 e. The number of pyridine rings is 1. The third kappa shape index (κ3) is 2.81. The first-order valence-corrected chi connectivity index (χ1v) is 6.00. The van der Waals surface area contributed by atoms with Gasteiger partial charge in [0.2, 0.25) is 0 Å². The van der Waals surface area contributed by atoms with Gasteiger partial charge in [0.05, 0.1) is 18.3 Å². The van der Waals surface area contributed by atoms with E-state index < -0.39 is 0 Å². The van der Waals surface area contributed by atoms with Crippen LogP contribution in [0.25, 0.3) is 10.8 Å². The molecule has 0 radical (unpaired) electrons. The lowest BCUT2D eigenvalue weighted by Crippen LogP contribution is -2.19. The Hall–Kier alpha value is -1.45. The Labute approximate surface area is 102 Å². The molecule has 0 amide bonds. The molecule has 3 heteroatoms. The predicted molar refractivity (Wildman–Crippen MR) is 69.8 cm³/mol. The molecule has 0 saturated carbocycles. The third-order valence-electron chi connectivity index (χ3n) is 2.70. The minimum Gasteiger partial charge on any atom is -0.379 e. The molecule has 0 fully saturated rings. The molecule has 2 rings (SSSR count). The Morgan fingerprint density at radius 3 is 2.94 bits per heavy atom. The van der Waals surface area contributed by atoms with Gasteiger partial charge in [-0.1, -0.05) is 31.2 Å². The van der Waals surface area contributed by atoms with Gasteiger partial charge in [-0.05, 0) is 17.9 Å². The van der Waals surface area contributed by atoms with Gasteiger partial charge in [0.15, 0.2) is 0 Å². The molecule has 1 atom stereocenters. The Kier molecular flexibility index (Phi) is 4.07. The number of ether oxygens (including phenoxy) is 1. The van der Waals surface area contributed by atoms with Crippen molar-refractivity contribution in [3.05, 3.63) is 42.2 Å². The average Bonchev–Trinajstić information content (AvgIpc) is 2.38. The molecule has 0 bridgehead atoms. The number of rotatable bonds is 5. The number of hydrogen-bond acceptors (Lipinski definition) is 3. The summed E-state index contributed by atoms with van der Waals surface area (Å²) < 4.78 is 5.48. The smallest absolute Gasteiger partial charge is 0.0714 e. The Morgan fingerprint density at radius 1 is 1.29 bits per heavy atom. The van der Waals surface area contributed by atoms with Crippen molar-refractivity contribution in [3.63, 3.8) is 0 Å². The highest BCUT2D eigenvalue weighted by molar-refractivity contribution is 5.84. The first kappa shape index (κ1) is 12.0. The van der Waals surface area contributed by atoms with Crippen molar-refractivity contribution in [2.75, 3.05) is 13.2 Å². The summed E-state index contributed by atoms with van der Waals surface area (Å²) in [5.74, 6) is 0. The van der Waals surface area contributed by atoms with Crippen LogP contribution in [0.15, 0.2) is 36.5 Å². The van der Waals surface area contributed by atoms with Gasteiger partial charge in [0.1, 0.15) is 0 Å². The van der Waals surface area contributed by atoms with E-state index in [1.54, 1.807) is 6.20 Å². The zero-order valence-corrected chi connectivity index (χ0v) is 10.1. The Balaban J connectivity index is 2.22. The Bertz CT molecular complexity index is 479. The maximum atomic E-state index is 6.11. The van der Waals surface area contributed by atoms with E-state index in [9.17, 15) is 0 Å². The summed E-state index contributed by atoms with van der Waals surface area (Å²) in [6.45, 7) is 3.36. The van der Waals surface area contributed by atoms with E-state index in [1.807, 2.05) is 18.2 Å². The van der Waals surface area contributed by atoms with Crippen LogP contribution in [0.2, 0.25) is 0 Å². The van der Waals surface area contributed by atoms with Crippen LogP contribution in [0.3, 0.4) is 0 Å². The lowest BCUT2D eigenvalue weighted by atomic mass is 10.1. The van der Waals surface area contributed by atoms with Gasteiger partial charge >= 0.3 is 0 Å². The van der Waals surface area contributed by atoms with Gasteiger partial charge < -0.3 is 10.5 Å². The van der Waals surface area contributed by atoms with E-state index in [4.69, 9.17) is 10.5 Å². The van der Waals surface area contributed by atoms with Crippen molar-refractivity contribution >= 4 is 10.8 Å². The quantitative estimate of drug-likeness (QED) is 0.803. The fourth-order valence-electron chi connectivity index (χ4n) is 1.87. The summed E-state index contributed by atoms with van der Waals surface area (Å²) in [4.78, 5) is 4.38. The summed E-state index contributed by atoms with van der Waals surface area (Å²) in [7, 11) is 0. The molecule has 0 spiro atoms. The number of aromatic nitrogens is 1. The zero-order valence-electron chi connectivity index (χ0n) is 10.1. The van der Waals surface area contributed by atoms with Crippen LogP contribution in [-0.2, 0) is 4.74 Å². The second-order valence-electron chi connectivity index (χ2n) is 4.10. The summed E-state index contributed by atoms with van der Waals surface area (Å²) >= 11 is 0.